The molecule has 0 aromatic carbocycles. The van der Waals surface area contributed by atoms with Crippen molar-refractivity contribution < 1.29 is 18.0 Å². The van der Waals surface area contributed by atoms with Gasteiger partial charge in [0.25, 0.3) is 5.56 Å². The molecule has 2 aromatic heterocycles. The van der Waals surface area contributed by atoms with Gasteiger partial charge in [0.1, 0.15) is 5.69 Å². The number of alkyl halides is 3. The molecule has 0 spiro atoms. The molecule has 0 unspecified atom stereocenters. The van der Waals surface area contributed by atoms with E-state index in [2.05, 4.69) is 15.7 Å². The smallest absolute Gasteiger partial charge is 0.327 e. The second kappa shape index (κ2) is 7.50. The van der Waals surface area contributed by atoms with Crippen LogP contribution in [0.15, 0.2) is 29.5 Å². The lowest BCUT2D eigenvalue weighted by Crippen LogP contribution is -2.30. The normalized spacial score (nSPS) is 19.8. The number of halogens is 4. The average Bonchev–Trinajstić information content (AvgIpc) is 3.16. The number of nitrogens with zero attached hydrogens (tertiary/aromatic N) is 2. The van der Waals surface area contributed by atoms with Crippen molar-refractivity contribution in [1.29, 1.82) is 0 Å². The van der Waals surface area contributed by atoms with Crippen LogP contribution in [-0.2, 0) is 18.0 Å². The number of carbonyl (C=O) groups excluding carboxylic acids is 1. The van der Waals surface area contributed by atoms with Gasteiger partial charge in [-0.05, 0) is 11.6 Å². The number of aryl methyl sites for hydroxylation is 1. The van der Waals surface area contributed by atoms with E-state index in [4.69, 9.17) is 0 Å². The van der Waals surface area contributed by atoms with E-state index < -0.39 is 34.8 Å². The third-order valence-electron chi connectivity index (χ3n) is 4.19. The van der Waals surface area contributed by atoms with Crippen molar-refractivity contribution in [2.75, 3.05) is 18.4 Å². The number of rotatable bonds is 3. The van der Waals surface area contributed by atoms with Crippen molar-refractivity contribution >= 4 is 24.0 Å². The van der Waals surface area contributed by atoms with E-state index in [0.717, 1.165) is 5.56 Å². The van der Waals surface area contributed by atoms with Crippen LogP contribution in [0.5, 0.6) is 0 Å². The molecule has 26 heavy (non-hydrogen) atoms. The fourth-order valence-electron chi connectivity index (χ4n) is 2.90. The highest BCUT2D eigenvalue weighted by molar-refractivity contribution is 5.93. The first-order valence-corrected chi connectivity index (χ1v) is 7.56. The van der Waals surface area contributed by atoms with Crippen LogP contribution in [0.3, 0.4) is 0 Å². The van der Waals surface area contributed by atoms with Crippen molar-refractivity contribution in [3.63, 3.8) is 0 Å². The number of carbonyl (C=O) groups is 1. The number of aromatic amines is 1. The Kier molecular flexibility index (Phi) is 5.77. The highest BCUT2D eigenvalue weighted by Crippen LogP contribution is 2.31. The summed E-state index contributed by atoms with van der Waals surface area (Å²) < 4.78 is 39.9. The Morgan fingerprint density at radius 2 is 2.12 bits per heavy atom. The zero-order chi connectivity index (χ0) is 18.2. The van der Waals surface area contributed by atoms with Crippen LogP contribution in [0.1, 0.15) is 17.0 Å². The van der Waals surface area contributed by atoms with Gasteiger partial charge < -0.3 is 15.6 Å². The molecule has 2 atom stereocenters. The molecule has 1 aliphatic heterocycles. The van der Waals surface area contributed by atoms with E-state index in [1.165, 1.54) is 0 Å². The lowest BCUT2D eigenvalue weighted by atomic mass is 9.90. The number of pyridine rings is 1. The second-order valence-electron chi connectivity index (χ2n) is 5.94. The van der Waals surface area contributed by atoms with Gasteiger partial charge in [0.15, 0.2) is 0 Å². The third-order valence-corrected chi connectivity index (χ3v) is 4.19. The zero-order valence-corrected chi connectivity index (χ0v) is 14.4. The minimum atomic E-state index is -4.61. The van der Waals surface area contributed by atoms with Gasteiger partial charge in [-0.3, -0.25) is 14.3 Å². The minimum absolute atomic E-state index is 0. The monoisotopic (exact) mass is 391 g/mol. The molecule has 0 aliphatic carbocycles. The van der Waals surface area contributed by atoms with Crippen LogP contribution >= 0.6 is 12.4 Å². The summed E-state index contributed by atoms with van der Waals surface area (Å²) in [4.78, 5) is 26.2. The number of anilines is 1. The molecule has 0 radical (unpaired) electrons. The Morgan fingerprint density at radius 1 is 1.38 bits per heavy atom. The highest BCUT2D eigenvalue weighted by Gasteiger charge is 2.36. The maximum Gasteiger partial charge on any atom is 0.417 e. The fourth-order valence-corrected chi connectivity index (χ4v) is 2.90. The van der Waals surface area contributed by atoms with E-state index in [9.17, 15) is 22.8 Å². The van der Waals surface area contributed by atoms with Gasteiger partial charge in [-0.15, -0.1) is 12.4 Å². The quantitative estimate of drug-likeness (QED) is 0.739. The largest absolute Gasteiger partial charge is 0.417 e. The molecule has 0 bridgehead atoms. The van der Waals surface area contributed by atoms with Crippen LogP contribution in [-0.4, -0.2) is 33.8 Å². The van der Waals surface area contributed by atoms with Crippen molar-refractivity contribution in [1.82, 2.24) is 20.1 Å². The Bertz CT molecular complexity index is 848. The maximum absolute atomic E-state index is 12.8. The second-order valence-corrected chi connectivity index (χ2v) is 5.94. The van der Waals surface area contributed by atoms with Gasteiger partial charge in [-0.2, -0.15) is 18.3 Å². The van der Waals surface area contributed by atoms with Gasteiger partial charge >= 0.3 is 6.18 Å². The molecule has 2 aromatic rings. The van der Waals surface area contributed by atoms with Gasteiger partial charge in [-0.25, -0.2) is 0 Å². The molecule has 3 rings (SSSR count). The molecule has 7 nitrogen and oxygen atoms in total. The summed E-state index contributed by atoms with van der Waals surface area (Å²) in [5.41, 5.74) is -1.39. The molecule has 1 fully saturated rings. The molecule has 142 valence electrons. The summed E-state index contributed by atoms with van der Waals surface area (Å²) in [7, 11) is 1.75. The van der Waals surface area contributed by atoms with Gasteiger partial charge in [-0.1, -0.05) is 0 Å². The van der Waals surface area contributed by atoms with Crippen LogP contribution in [0.2, 0.25) is 0 Å². The summed E-state index contributed by atoms with van der Waals surface area (Å²) in [6.07, 6.45) is -0.603. The molecule has 3 heterocycles. The van der Waals surface area contributed by atoms with E-state index in [0.29, 0.717) is 25.4 Å². The molecule has 0 saturated carbocycles. The Morgan fingerprint density at radius 3 is 2.73 bits per heavy atom. The Labute approximate surface area is 152 Å². The van der Waals surface area contributed by atoms with Crippen LogP contribution < -0.4 is 16.2 Å². The molecule has 1 aliphatic rings. The van der Waals surface area contributed by atoms with E-state index in [1.54, 1.807) is 24.1 Å². The van der Waals surface area contributed by atoms with Crippen molar-refractivity contribution in [2.45, 2.75) is 12.1 Å². The highest BCUT2D eigenvalue weighted by atomic mass is 35.5. The predicted octanol–water partition coefficient (Wildman–Crippen LogP) is 1.49. The van der Waals surface area contributed by atoms with Gasteiger partial charge in [0, 0.05) is 38.4 Å². The number of hydrogen-bond acceptors (Lipinski definition) is 4. The molecule has 3 N–H and O–H groups in total. The van der Waals surface area contributed by atoms with Gasteiger partial charge in [0.05, 0.1) is 17.7 Å². The van der Waals surface area contributed by atoms with E-state index in [1.807, 2.05) is 4.98 Å². The first-order chi connectivity index (χ1) is 11.8. The molecule has 11 heteroatoms. The zero-order valence-electron chi connectivity index (χ0n) is 13.6. The minimum Gasteiger partial charge on any atom is -0.327 e. The topological polar surface area (TPSA) is 91.8 Å². The SMILES string of the molecule is Cl.Cn1cc([C@H]2CNC[C@@H]2C(=O)Nc2cc(C(F)(F)F)c[nH]c2=O)cn1. The summed E-state index contributed by atoms with van der Waals surface area (Å²) in [5, 5.41) is 9.47. The van der Waals surface area contributed by atoms with Crippen molar-refractivity contribution in [3.05, 3.63) is 46.1 Å². The molecule has 1 saturated heterocycles. The number of amides is 1. The fraction of sp³-hybridized carbons (Fsp3) is 0.400. The lowest BCUT2D eigenvalue weighted by molar-refractivity contribution is -0.137. The summed E-state index contributed by atoms with van der Waals surface area (Å²) in [6, 6.07) is 0.637. The first kappa shape index (κ1) is 20.0. The van der Waals surface area contributed by atoms with Crippen LogP contribution in [0, 0.1) is 5.92 Å². The summed E-state index contributed by atoms with van der Waals surface area (Å²) in [6.45, 7) is 0.908. The average molecular weight is 392 g/mol. The summed E-state index contributed by atoms with van der Waals surface area (Å²) >= 11 is 0. The predicted molar refractivity (Wildman–Crippen MR) is 90.3 cm³/mol. The number of aromatic nitrogens is 3. The Balaban J connectivity index is 0.00000243. The molecule has 1 amide bonds. The third kappa shape index (κ3) is 4.07. The maximum atomic E-state index is 12.8. The van der Waals surface area contributed by atoms with E-state index in [-0.39, 0.29) is 18.3 Å². The number of hydrogen-bond donors (Lipinski definition) is 3. The molecular formula is C15H17ClF3N5O2. The standard InChI is InChI=1S/C15H16F3N5O2.ClH/c1-23-7-8(3-21-23)10-5-19-6-11(10)13(24)22-12-2-9(15(16,17)18)4-20-14(12)25;/h2-4,7,10-11,19H,5-6H2,1H3,(H,20,25)(H,22,24);1H/t10-,11+;/m1./s1. The lowest BCUT2D eigenvalue weighted by Gasteiger charge is -2.17. The van der Waals surface area contributed by atoms with Crippen LogP contribution in [0.4, 0.5) is 18.9 Å². The van der Waals surface area contributed by atoms with Crippen LogP contribution in [0.25, 0.3) is 0 Å². The number of H-pyrrole nitrogens is 1. The van der Waals surface area contributed by atoms with Crippen molar-refractivity contribution in [2.24, 2.45) is 13.0 Å². The number of nitrogens with one attached hydrogen (secondary N) is 3. The van der Waals surface area contributed by atoms with E-state index >= 15 is 0 Å². The Hall–Kier alpha value is -2.33. The first-order valence-electron chi connectivity index (χ1n) is 7.56. The van der Waals surface area contributed by atoms with Crippen molar-refractivity contribution in [3.8, 4) is 0 Å². The van der Waals surface area contributed by atoms with Gasteiger partial charge in [0.2, 0.25) is 5.91 Å². The molecular weight excluding hydrogens is 375 g/mol. The summed E-state index contributed by atoms with van der Waals surface area (Å²) in [5.74, 6) is -1.19.